The minimum Gasteiger partial charge on any atom is -0.459 e. The lowest BCUT2D eigenvalue weighted by Crippen LogP contribution is -2.28. The molecule has 25 heavy (non-hydrogen) atoms. The fourth-order valence-corrected chi connectivity index (χ4v) is 4.08. The molecule has 1 saturated heterocycles. The van der Waals surface area contributed by atoms with Crippen LogP contribution in [-0.2, 0) is 20.5 Å². The quantitative estimate of drug-likeness (QED) is 0.622. The SMILES string of the molecule is Cc1ccc(S(=O)N2[C@H](C(=O)OC(C)(C)C)[C@@H]2c2cccnc2)cc1. The number of pyridine rings is 1. The second-order valence-electron chi connectivity index (χ2n) is 7.13. The molecule has 1 aromatic heterocycles. The Morgan fingerprint density at radius 1 is 1.20 bits per heavy atom. The van der Waals surface area contributed by atoms with Gasteiger partial charge in [-0.15, -0.1) is 0 Å². The number of aromatic nitrogens is 1. The molecule has 3 rings (SSSR count). The number of benzene rings is 1. The topological polar surface area (TPSA) is 59.3 Å². The molecule has 1 aliphatic heterocycles. The molecule has 4 atom stereocenters. The zero-order chi connectivity index (χ0) is 18.2. The van der Waals surface area contributed by atoms with Crippen LogP contribution < -0.4 is 0 Å². The van der Waals surface area contributed by atoms with Crippen LogP contribution in [-0.4, -0.2) is 31.1 Å². The largest absolute Gasteiger partial charge is 0.459 e. The third kappa shape index (κ3) is 3.96. The van der Waals surface area contributed by atoms with E-state index in [1.807, 2.05) is 64.1 Å². The Bertz CT molecular complexity index is 785. The Labute approximate surface area is 150 Å². The summed E-state index contributed by atoms with van der Waals surface area (Å²) in [6.45, 7) is 7.46. The maximum absolute atomic E-state index is 13.0. The second kappa shape index (κ2) is 6.69. The number of aryl methyl sites for hydroxylation is 1. The van der Waals surface area contributed by atoms with E-state index >= 15 is 0 Å². The third-order valence-corrected chi connectivity index (χ3v) is 5.36. The number of hydrogen-bond acceptors (Lipinski definition) is 4. The molecule has 0 spiro atoms. The van der Waals surface area contributed by atoms with Gasteiger partial charge in [-0.2, -0.15) is 4.31 Å². The first-order chi connectivity index (χ1) is 11.8. The maximum atomic E-state index is 13.0. The van der Waals surface area contributed by atoms with Gasteiger partial charge in [0.2, 0.25) is 0 Å². The lowest BCUT2D eigenvalue weighted by atomic mass is 10.1. The summed E-state index contributed by atoms with van der Waals surface area (Å²) in [5.41, 5.74) is 1.37. The predicted molar refractivity (Wildman–Crippen MR) is 96.0 cm³/mol. The first kappa shape index (κ1) is 17.8. The Kier molecular flexibility index (Phi) is 4.75. The van der Waals surface area contributed by atoms with Crippen molar-refractivity contribution in [3.8, 4) is 0 Å². The maximum Gasteiger partial charge on any atom is 0.326 e. The lowest BCUT2D eigenvalue weighted by Gasteiger charge is -2.19. The van der Waals surface area contributed by atoms with E-state index in [1.165, 1.54) is 0 Å². The minimum atomic E-state index is -1.44. The van der Waals surface area contributed by atoms with Gasteiger partial charge in [-0.1, -0.05) is 23.8 Å². The number of hydrogen-bond donors (Lipinski definition) is 0. The summed E-state index contributed by atoms with van der Waals surface area (Å²) in [7, 11) is -1.44. The van der Waals surface area contributed by atoms with Gasteiger partial charge in [-0.05, 0) is 51.5 Å². The van der Waals surface area contributed by atoms with E-state index in [0.29, 0.717) is 4.90 Å². The summed E-state index contributed by atoms with van der Waals surface area (Å²) in [6.07, 6.45) is 3.38. The molecular formula is C19H22N2O3S. The van der Waals surface area contributed by atoms with Crippen LogP contribution in [0, 0.1) is 6.92 Å². The normalized spacial score (nSPS) is 23.8. The van der Waals surface area contributed by atoms with Gasteiger partial charge < -0.3 is 4.74 Å². The van der Waals surface area contributed by atoms with Crippen LogP contribution in [0.3, 0.4) is 0 Å². The molecule has 2 aromatic rings. The fourth-order valence-electron chi connectivity index (χ4n) is 2.67. The molecule has 1 fully saturated rings. The van der Waals surface area contributed by atoms with Gasteiger partial charge >= 0.3 is 5.97 Å². The molecule has 5 nitrogen and oxygen atoms in total. The van der Waals surface area contributed by atoms with Crippen molar-refractivity contribution in [3.63, 3.8) is 0 Å². The van der Waals surface area contributed by atoms with Gasteiger partial charge in [0.05, 0.1) is 10.9 Å². The molecule has 0 radical (unpaired) electrons. The van der Waals surface area contributed by atoms with Crippen LogP contribution in [0.5, 0.6) is 0 Å². The van der Waals surface area contributed by atoms with Crippen molar-refractivity contribution in [2.24, 2.45) is 0 Å². The van der Waals surface area contributed by atoms with Crippen molar-refractivity contribution in [1.29, 1.82) is 0 Å². The van der Waals surface area contributed by atoms with E-state index in [1.54, 1.807) is 16.7 Å². The number of ether oxygens (including phenoxy) is 1. The summed E-state index contributed by atoms with van der Waals surface area (Å²) >= 11 is 0. The van der Waals surface area contributed by atoms with Gasteiger partial charge in [-0.3, -0.25) is 9.78 Å². The molecule has 2 heterocycles. The van der Waals surface area contributed by atoms with Crippen molar-refractivity contribution in [1.82, 2.24) is 9.29 Å². The molecule has 0 saturated carbocycles. The number of carbonyl (C=O) groups is 1. The summed E-state index contributed by atoms with van der Waals surface area (Å²) in [5.74, 6) is -0.359. The Hall–Kier alpha value is -2.05. The Morgan fingerprint density at radius 2 is 1.88 bits per heavy atom. The van der Waals surface area contributed by atoms with Crippen molar-refractivity contribution < 1.29 is 13.7 Å². The van der Waals surface area contributed by atoms with Gasteiger partial charge in [0, 0.05) is 12.4 Å². The first-order valence-corrected chi connectivity index (χ1v) is 9.28. The van der Waals surface area contributed by atoms with Crippen molar-refractivity contribution in [3.05, 3.63) is 59.9 Å². The predicted octanol–water partition coefficient (Wildman–Crippen LogP) is 3.18. The van der Waals surface area contributed by atoms with Crippen molar-refractivity contribution >= 4 is 17.0 Å². The summed E-state index contributed by atoms with van der Waals surface area (Å²) in [5, 5.41) is 0. The molecule has 0 N–H and O–H groups in total. The third-order valence-electron chi connectivity index (χ3n) is 3.85. The molecule has 0 aliphatic carbocycles. The average molecular weight is 358 g/mol. The van der Waals surface area contributed by atoms with Crippen molar-refractivity contribution in [2.45, 2.75) is 50.3 Å². The Morgan fingerprint density at radius 3 is 2.44 bits per heavy atom. The van der Waals surface area contributed by atoms with Crippen LogP contribution in [0.4, 0.5) is 0 Å². The highest BCUT2D eigenvalue weighted by molar-refractivity contribution is 7.83. The smallest absolute Gasteiger partial charge is 0.326 e. The molecule has 0 bridgehead atoms. The number of esters is 1. The lowest BCUT2D eigenvalue weighted by molar-refractivity contribution is -0.154. The zero-order valence-electron chi connectivity index (χ0n) is 14.8. The van der Waals surface area contributed by atoms with Crippen LogP contribution in [0.15, 0.2) is 53.7 Å². The van der Waals surface area contributed by atoms with Gasteiger partial charge in [-0.25, -0.2) is 4.21 Å². The van der Waals surface area contributed by atoms with E-state index in [2.05, 4.69) is 4.98 Å². The minimum absolute atomic E-state index is 0.286. The summed E-state index contributed by atoms with van der Waals surface area (Å²) in [4.78, 5) is 17.4. The monoisotopic (exact) mass is 358 g/mol. The fraction of sp³-hybridized carbons (Fsp3) is 0.368. The van der Waals surface area contributed by atoms with Crippen LogP contribution >= 0.6 is 0 Å². The standard InChI is InChI=1S/C19H22N2O3S/c1-13-7-9-15(10-8-13)25(23)21-16(14-6-5-11-20-12-14)17(21)18(22)24-19(2,3)4/h5-12,16-17H,1-4H3/t16-,17-,21?,25?/m0/s1. The highest BCUT2D eigenvalue weighted by Crippen LogP contribution is 2.46. The van der Waals surface area contributed by atoms with E-state index in [0.717, 1.165) is 11.1 Å². The van der Waals surface area contributed by atoms with Gasteiger partial charge in [0.1, 0.15) is 22.6 Å². The second-order valence-corrected chi connectivity index (χ2v) is 8.52. The van der Waals surface area contributed by atoms with Crippen LogP contribution in [0.25, 0.3) is 0 Å². The average Bonchev–Trinajstić information content (AvgIpc) is 3.30. The summed E-state index contributed by atoms with van der Waals surface area (Å²) < 4.78 is 20.2. The number of rotatable bonds is 4. The number of nitrogens with zero attached hydrogens (tertiary/aromatic N) is 2. The van der Waals surface area contributed by atoms with Gasteiger partial charge in [0.15, 0.2) is 0 Å². The number of carbonyl (C=O) groups excluding carboxylic acids is 1. The molecule has 1 aliphatic rings. The molecule has 0 amide bonds. The zero-order valence-corrected chi connectivity index (χ0v) is 15.6. The van der Waals surface area contributed by atoms with Crippen LogP contribution in [0.2, 0.25) is 0 Å². The Balaban J connectivity index is 1.88. The van der Waals surface area contributed by atoms with E-state index in [-0.39, 0.29) is 12.0 Å². The molecule has 6 heteroatoms. The van der Waals surface area contributed by atoms with Crippen molar-refractivity contribution in [2.75, 3.05) is 0 Å². The first-order valence-electron chi connectivity index (χ1n) is 8.17. The molecule has 2 unspecified atom stereocenters. The highest BCUT2D eigenvalue weighted by Gasteiger charge is 2.58. The molecule has 1 aromatic carbocycles. The molecular weight excluding hydrogens is 336 g/mol. The van der Waals surface area contributed by atoms with E-state index in [9.17, 15) is 9.00 Å². The van der Waals surface area contributed by atoms with E-state index in [4.69, 9.17) is 4.74 Å². The van der Waals surface area contributed by atoms with Crippen LogP contribution in [0.1, 0.15) is 37.9 Å². The van der Waals surface area contributed by atoms with Gasteiger partial charge in [0.25, 0.3) is 0 Å². The highest BCUT2D eigenvalue weighted by atomic mass is 32.2. The molecule has 132 valence electrons. The summed E-state index contributed by atoms with van der Waals surface area (Å²) in [6, 6.07) is 10.3. The van der Waals surface area contributed by atoms with E-state index < -0.39 is 22.6 Å².